The van der Waals surface area contributed by atoms with Crippen LogP contribution in [-0.4, -0.2) is 61.1 Å². The summed E-state index contributed by atoms with van der Waals surface area (Å²) in [4.78, 5) is 33.9. The summed E-state index contributed by atoms with van der Waals surface area (Å²) in [6.07, 6.45) is 0.218. The molecule has 0 aromatic heterocycles. The van der Waals surface area contributed by atoms with Gasteiger partial charge in [-0.2, -0.15) is 0 Å². The number of likely N-dealkylation sites (N-methyl/N-ethyl adjacent to an activating group) is 1. The van der Waals surface area contributed by atoms with Crippen molar-refractivity contribution in [2.45, 2.75) is 26.3 Å². The Hall–Kier alpha value is -2.58. The molecule has 3 rings (SSSR count). The fourth-order valence-corrected chi connectivity index (χ4v) is 4.51. The van der Waals surface area contributed by atoms with E-state index >= 15 is 0 Å². The van der Waals surface area contributed by atoms with Crippen molar-refractivity contribution >= 4 is 28.8 Å². The van der Waals surface area contributed by atoms with Gasteiger partial charge in [0.2, 0.25) is 5.91 Å². The number of hydrogen-bond acceptors (Lipinski definition) is 7. The first-order valence-electron chi connectivity index (χ1n) is 9.82. The van der Waals surface area contributed by atoms with Gasteiger partial charge in [0, 0.05) is 18.8 Å². The van der Waals surface area contributed by atoms with E-state index in [0.717, 1.165) is 28.5 Å². The molecule has 8 heteroatoms. The molecule has 0 spiro atoms. The Bertz CT molecular complexity index is 936. The standard InChI is InChI=1S/C22H28N4O3S/c1-14-7-6-8-16(11-14)20-19(21(28)29-5)15(2)24-22-26(20)17(13-30-22)12-18(27)23-9-10-25(3)4/h6-8,11,13,20H,9-10,12H2,1-5H3,(H,23,27). The number of thioether (sulfide) groups is 1. The number of rotatable bonds is 7. The van der Waals surface area contributed by atoms with Crippen molar-refractivity contribution in [1.29, 1.82) is 0 Å². The van der Waals surface area contributed by atoms with Crippen molar-refractivity contribution in [3.8, 4) is 0 Å². The topological polar surface area (TPSA) is 74.2 Å². The lowest BCUT2D eigenvalue weighted by atomic mass is 9.93. The van der Waals surface area contributed by atoms with Crippen molar-refractivity contribution < 1.29 is 14.3 Å². The van der Waals surface area contributed by atoms with Gasteiger partial charge in [0.15, 0.2) is 5.17 Å². The predicted octanol–water partition coefficient (Wildman–Crippen LogP) is 2.81. The van der Waals surface area contributed by atoms with Crippen molar-refractivity contribution in [1.82, 2.24) is 15.1 Å². The number of fused-ring (bicyclic) bond motifs is 1. The summed E-state index contributed by atoms with van der Waals surface area (Å²) >= 11 is 1.47. The molecular weight excluding hydrogens is 400 g/mol. The number of nitrogens with zero attached hydrogens (tertiary/aromatic N) is 3. The number of amides is 1. The molecule has 0 fully saturated rings. The Morgan fingerprint density at radius 1 is 1.30 bits per heavy atom. The first-order valence-corrected chi connectivity index (χ1v) is 10.7. The van der Waals surface area contributed by atoms with Crippen molar-refractivity contribution in [2.24, 2.45) is 4.99 Å². The van der Waals surface area contributed by atoms with Gasteiger partial charge >= 0.3 is 5.97 Å². The number of hydrogen-bond donors (Lipinski definition) is 1. The van der Waals surface area contributed by atoms with Crippen LogP contribution in [0.2, 0.25) is 0 Å². The van der Waals surface area contributed by atoms with Crippen molar-refractivity contribution in [3.05, 3.63) is 57.8 Å². The summed E-state index contributed by atoms with van der Waals surface area (Å²) in [6, 6.07) is 7.65. The Kier molecular flexibility index (Phi) is 6.99. The summed E-state index contributed by atoms with van der Waals surface area (Å²) in [7, 11) is 5.31. The lowest BCUT2D eigenvalue weighted by Gasteiger charge is -2.36. The summed E-state index contributed by atoms with van der Waals surface area (Å²) in [5, 5.41) is 5.66. The maximum Gasteiger partial charge on any atom is 0.338 e. The summed E-state index contributed by atoms with van der Waals surface area (Å²) in [5.41, 5.74) is 4.01. The highest BCUT2D eigenvalue weighted by atomic mass is 32.2. The van der Waals surface area contributed by atoms with Gasteiger partial charge in [-0.1, -0.05) is 41.6 Å². The van der Waals surface area contributed by atoms with E-state index in [0.29, 0.717) is 17.8 Å². The first-order chi connectivity index (χ1) is 14.3. The molecule has 7 nitrogen and oxygen atoms in total. The van der Waals surface area contributed by atoms with Gasteiger partial charge in [-0.3, -0.25) is 4.79 Å². The molecule has 1 unspecified atom stereocenters. The third-order valence-corrected chi connectivity index (χ3v) is 5.88. The minimum absolute atomic E-state index is 0.0566. The van der Waals surface area contributed by atoms with Gasteiger partial charge in [0.05, 0.1) is 30.8 Å². The van der Waals surface area contributed by atoms with Crippen LogP contribution in [0.3, 0.4) is 0 Å². The van der Waals surface area contributed by atoms with Crippen LogP contribution in [-0.2, 0) is 14.3 Å². The molecule has 0 saturated heterocycles. The fraction of sp³-hybridized carbons (Fsp3) is 0.409. The van der Waals surface area contributed by atoms with Crippen LogP contribution in [0.25, 0.3) is 0 Å². The second kappa shape index (κ2) is 9.49. The van der Waals surface area contributed by atoms with Crippen LogP contribution < -0.4 is 5.32 Å². The number of benzene rings is 1. The number of methoxy groups -OCH3 is 1. The lowest BCUT2D eigenvalue weighted by molar-refractivity contribution is -0.136. The molecule has 1 aromatic rings. The minimum atomic E-state index is -0.409. The molecule has 0 saturated carbocycles. The molecule has 0 bridgehead atoms. The number of amidine groups is 1. The van der Waals surface area contributed by atoms with Crippen LogP contribution in [0.15, 0.2) is 51.6 Å². The number of aryl methyl sites for hydroxylation is 1. The van der Waals surface area contributed by atoms with Gasteiger partial charge in [-0.05, 0) is 38.9 Å². The second-order valence-corrected chi connectivity index (χ2v) is 8.47. The molecule has 30 heavy (non-hydrogen) atoms. The summed E-state index contributed by atoms with van der Waals surface area (Å²) in [5.74, 6) is -0.465. The van der Waals surface area contributed by atoms with Gasteiger partial charge in [-0.15, -0.1) is 0 Å². The van der Waals surface area contributed by atoms with Crippen LogP contribution in [0.5, 0.6) is 0 Å². The molecule has 1 aromatic carbocycles. The van der Waals surface area contributed by atoms with Crippen molar-refractivity contribution in [2.75, 3.05) is 34.3 Å². The van der Waals surface area contributed by atoms with E-state index in [1.165, 1.54) is 18.9 Å². The number of carbonyl (C=O) groups excluding carboxylic acids is 2. The summed E-state index contributed by atoms with van der Waals surface area (Å²) < 4.78 is 5.08. The highest BCUT2D eigenvalue weighted by Gasteiger charge is 2.40. The smallest absolute Gasteiger partial charge is 0.338 e. The van der Waals surface area contributed by atoms with E-state index < -0.39 is 5.97 Å². The second-order valence-electron chi connectivity index (χ2n) is 7.63. The fourth-order valence-electron chi connectivity index (χ4n) is 3.54. The quantitative estimate of drug-likeness (QED) is 0.673. The van der Waals surface area contributed by atoms with E-state index in [4.69, 9.17) is 4.74 Å². The van der Waals surface area contributed by atoms with Gasteiger partial charge in [0.1, 0.15) is 0 Å². The van der Waals surface area contributed by atoms with E-state index in [9.17, 15) is 9.59 Å². The highest BCUT2D eigenvalue weighted by molar-refractivity contribution is 8.16. The monoisotopic (exact) mass is 428 g/mol. The van der Waals surface area contributed by atoms with Crippen LogP contribution >= 0.6 is 11.8 Å². The third-order valence-electron chi connectivity index (χ3n) is 4.99. The Labute approximate surface area is 181 Å². The number of aliphatic imine (C=N–C) groups is 1. The molecule has 1 amide bonds. The molecule has 2 aliphatic rings. The highest BCUT2D eigenvalue weighted by Crippen LogP contribution is 2.44. The largest absolute Gasteiger partial charge is 0.466 e. The van der Waals surface area contributed by atoms with E-state index in [1.54, 1.807) is 0 Å². The van der Waals surface area contributed by atoms with Crippen LogP contribution in [0.4, 0.5) is 0 Å². The molecule has 2 aliphatic heterocycles. The molecule has 160 valence electrons. The zero-order valence-corrected chi connectivity index (χ0v) is 18.9. The maximum absolute atomic E-state index is 12.7. The Balaban J connectivity index is 1.92. The SMILES string of the molecule is COC(=O)C1=C(C)N=C2SC=C(CC(=O)NCCN(C)C)N2C1c1cccc(C)c1. The summed E-state index contributed by atoms with van der Waals surface area (Å²) in [6.45, 7) is 5.20. The van der Waals surface area contributed by atoms with E-state index in [2.05, 4.69) is 16.4 Å². The molecule has 1 N–H and O–H groups in total. The van der Waals surface area contributed by atoms with Crippen LogP contribution in [0, 0.1) is 6.92 Å². The van der Waals surface area contributed by atoms with Crippen LogP contribution in [0.1, 0.15) is 30.5 Å². The molecule has 2 heterocycles. The molecular formula is C22H28N4O3S. The normalized spacial score (nSPS) is 18.2. The molecule has 0 radical (unpaired) electrons. The third kappa shape index (κ3) is 4.76. The molecule has 1 atom stereocenters. The number of ether oxygens (including phenoxy) is 1. The average Bonchev–Trinajstić information content (AvgIpc) is 3.08. The minimum Gasteiger partial charge on any atom is -0.466 e. The number of nitrogens with one attached hydrogen (secondary N) is 1. The van der Waals surface area contributed by atoms with E-state index in [-0.39, 0.29) is 18.4 Å². The van der Waals surface area contributed by atoms with Gasteiger partial charge < -0.3 is 19.9 Å². The maximum atomic E-state index is 12.7. The average molecular weight is 429 g/mol. The number of allylic oxidation sites excluding steroid dienone is 1. The number of esters is 1. The van der Waals surface area contributed by atoms with Crippen molar-refractivity contribution in [3.63, 3.8) is 0 Å². The Morgan fingerprint density at radius 3 is 2.73 bits per heavy atom. The van der Waals surface area contributed by atoms with E-state index in [1.807, 2.05) is 61.3 Å². The predicted molar refractivity (Wildman–Crippen MR) is 120 cm³/mol. The zero-order chi connectivity index (χ0) is 21.8. The lowest BCUT2D eigenvalue weighted by Crippen LogP contribution is -2.38. The Morgan fingerprint density at radius 2 is 2.07 bits per heavy atom. The number of carbonyl (C=O) groups is 2. The zero-order valence-electron chi connectivity index (χ0n) is 18.1. The first kappa shape index (κ1) is 22.1. The van der Waals surface area contributed by atoms with Gasteiger partial charge in [-0.25, -0.2) is 9.79 Å². The van der Waals surface area contributed by atoms with Gasteiger partial charge in [0.25, 0.3) is 0 Å². The molecule has 0 aliphatic carbocycles.